The zero-order valence-electron chi connectivity index (χ0n) is 13.6. The largest absolute Gasteiger partial charge is 0.342 e. The lowest BCUT2D eigenvalue weighted by Crippen LogP contribution is -2.30. The van der Waals surface area contributed by atoms with Crippen LogP contribution in [-0.2, 0) is 4.79 Å². The predicted octanol–water partition coefficient (Wildman–Crippen LogP) is 1.80. The second-order valence-electron chi connectivity index (χ2n) is 6.84. The Kier molecular flexibility index (Phi) is 3.67. The van der Waals surface area contributed by atoms with E-state index in [0.29, 0.717) is 24.0 Å². The van der Waals surface area contributed by atoms with Gasteiger partial charge in [-0.25, -0.2) is 4.98 Å². The van der Waals surface area contributed by atoms with Gasteiger partial charge in [0.15, 0.2) is 0 Å². The third kappa shape index (κ3) is 2.84. The van der Waals surface area contributed by atoms with Crippen LogP contribution >= 0.6 is 0 Å². The van der Waals surface area contributed by atoms with Crippen LogP contribution in [0.4, 0.5) is 0 Å². The number of nitrogens with one attached hydrogen (secondary N) is 1. The van der Waals surface area contributed by atoms with Crippen molar-refractivity contribution in [1.82, 2.24) is 19.9 Å². The number of H-pyrrole nitrogens is 1. The quantitative estimate of drug-likeness (QED) is 0.934. The van der Waals surface area contributed by atoms with Crippen molar-refractivity contribution in [3.05, 3.63) is 46.8 Å². The first kappa shape index (κ1) is 15.1. The standard InChI is InChI=1S/C18H20N4O2/c1-11-8-14(11)18(24)22-7-4-13(10-22)17-20-15(9-16(23)21-17)12-2-5-19-6-3-12/h2-3,5-6,9,11,13-14H,4,7-8,10H2,1H3,(H,20,21,23)/t11-,13-,14+/m1/s1. The second-order valence-corrected chi connectivity index (χ2v) is 6.84. The molecule has 6 nitrogen and oxygen atoms in total. The van der Waals surface area contributed by atoms with Crippen LogP contribution < -0.4 is 5.56 Å². The summed E-state index contributed by atoms with van der Waals surface area (Å²) in [6.07, 6.45) is 5.22. The fraction of sp³-hybridized carbons (Fsp3) is 0.444. The van der Waals surface area contributed by atoms with Gasteiger partial charge in [-0.15, -0.1) is 0 Å². The molecule has 2 fully saturated rings. The first-order valence-electron chi connectivity index (χ1n) is 8.42. The molecule has 3 heterocycles. The number of carbonyl (C=O) groups is 1. The van der Waals surface area contributed by atoms with Crippen LogP contribution in [0, 0.1) is 11.8 Å². The van der Waals surface area contributed by atoms with Gasteiger partial charge in [0.1, 0.15) is 5.82 Å². The first-order chi connectivity index (χ1) is 11.6. The molecule has 0 spiro atoms. The van der Waals surface area contributed by atoms with E-state index in [4.69, 9.17) is 0 Å². The van der Waals surface area contributed by atoms with E-state index in [1.165, 1.54) is 6.07 Å². The topological polar surface area (TPSA) is 79.0 Å². The lowest BCUT2D eigenvalue weighted by atomic mass is 10.1. The summed E-state index contributed by atoms with van der Waals surface area (Å²) >= 11 is 0. The Labute approximate surface area is 140 Å². The predicted molar refractivity (Wildman–Crippen MR) is 89.3 cm³/mol. The summed E-state index contributed by atoms with van der Waals surface area (Å²) in [7, 11) is 0. The Balaban J connectivity index is 1.56. The van der Waals surface area contributed by atoms with Gasteiger partial charge in [0.2, 0.25) is 5.91 Å². The maximum atomic E-state index is 12.4. The molecule has 4 rings (SSSR count). The van der Waals surface area contributed by atoms with E-state index in [1.54, 1.807) is 12.4 Å². The number of carbonyl (C=O) groups excluding carboxylic acids is 1. The van der Waals surface area contributed by atoms with E-state index >= 15 is 0 Å². The number of amides is 1. The van der Waals surface area contributed by atoms with E-state index in [1.807, 2.05) is 17.0 Å². The molecule has 2 aliphatic rings. The summed E-state index contributed by atoms with van der Waals surface area (Å²) in [5.41, 5.74) is 1.36. The normalized spacial score (nSPS) is 25.7. The van der Waals surface area contributed by atoms with Gasteiger partial charge in [-0.1, -0.05) is 6.92 Å². The summed E-state index contributed by atoms with van der Waals surface area (Å²) in [6, 6.07) is 5.18. The highest BCUT2D eigenvalue weighted by Crippen LogP contribution is 2.40. The van der Waals surface area contributed by atoms with Gasteiger partial charge in [-0.3, -0.25) is 14.6 Å². The Morgan fingerprint density at radius 2 is 2.08 bits per heavy atom. The molecule has 1 saturated heterocycles. The summed E-state index contributed by atoms with van der Waals surface area (Å²) in [5, 5.41) is 0. The fourth-order valence-corrected chi connectivity index (χ4v) is 3.42. The van der Waals surface area contributed by atoms with Crippen molar-refractivity contribution < 1.29 is 4.79 Å². The Hall–Kier alpha value is -2.50. The molecule has 1 N–H and O–H groups in total. The SMILES string of the molecule is C[C@@H]1C[C@@H]1C(=O)N1CC[C@@H](c2nc(-c3ccncc3)cc(=O)[nH]2)C1. The molecule has 24 heavy (non-hydrogen) atoms. The third-order valence-corrected chi connectivity index (χ3v) is 5.05. The molecule has 0 unspecified atom stereocenters. The van der Waals surface area contributed by atoms with Gasteiger partial charge in [-0.05, 0) is 30.9 Å². The minimum atomic E-state index is -0.160. The number of aromatic nitrogens is 3. The summed E-state index contributed by atoms with van der Waals surface area (Å²) in [6.45, 7) is 3.51. The van der Waals surface area contributed by atoms with Crippen molar-refractivity contribution in [2.75, 3.05) is 13.1 Å². The molecular formula is C18H20N4O2. The van der Waals surface area contributed by atoms with Crippen LogP contribution in [0.25, 0.3) is 11.3 Å². The minimum absolute atomic E-state index is 0.0949. The van der Waals surface area contributed by atoms with Crippen molar-refractivity contribution in [3.8, 4) is 11.3 Å². The fourth-order valence-electron chi connectivity index (χ4n) is 3.42. The molecule has 1 aliphatic heterocycles. The molecule has 6 heteroatoms. The van der Waals surface area contributed by atoms with Crippen molar-refractivity contribution in [2.45, 2.75) is 25.7 Å². The monoisotopic (exact) mass is 324 g/mol. The van der Waals surface area contributed by atoms with Crippen LogP contribution in [0.1, 0.15) is 31.5 Å². The number of hydrogen-bond donors (Lipinski definition) is 1. The van der Waals surface area contributed by atoms with Crippen LogP contribution in [0.2, 0.25) is 0 Å². The van der Waals surface area contributed by atoms with Crippen molar-refractivity contribution >= 4 is 5.91 Å². The average Bonchev–Trinajstić information content (AvgIpc) is 3.12. The maximum Gasteiger partial charge on any atom is 0.251 e. The summed E-state index contributed by atoms with van der Waals surface area (Å²) < 4.78 is 0. The first-order valence-corrected chi connectivity index (χ1v) is 8.42. The molecule has 0 bridgehead atoms. The van der Waals surface area contributed by atoms with Gasteiger partial charge in [-0.2, -0.15) is 0 Å². The van der Waals surface area contributed by atoms with Gasteiger partial charge in [0.05, 0.1) is 5.69 Å². The van der Waals surface area contributed by atoms with Crippen LogP contribution in [-0.4, -0.2) is 38.8 Å². The van der Waals surface area contributed by atoms with Crippen LogP contribution in [0.3, 0.4) is 0 Å². The lowest BCUT2D eigenvalue weighted by Gasteiger charge is -2.16. The third-order valence-electron chi connectivity index (χ3n) is 5.05. The van der Waals surface area contributed by atoms with Gasteiger partial charge in [0.25, 0.3) is 5.56 Å². The highest BCUT2D eigenvalue weighted by atomic mass is 16.2. The molecule has 1 amide bonds. The zero-order valence-corrected chi connectivity index (χ0v) is 13.6. The highest BCUT2D eigenvalue weighted by molar-refractivity contribution is 5.82. The molecule has 1 aliphatic carbocycles. The smallest absolute Gasteiger partial charge is 0.251 e. The number of nitrogens with zero attached hydrogens (tertiary/aromatic N) is 3. The Morgan fingerprint density at radius 3 is 2.79 bits per heavy atom. The van der Waals surface area contributed by atoms with Crippen LogP contribution in [0.15, 0.2) is 35.4 Å². The van der Waals surface area contributed by atoms with E-state index < -0.39 is 0 Å². The van der Waals surface area contributed by atoms with Crippen molar-refractivity contribution in [1.29, 1.82) is 0 Å². The molecule has 2 aromatic heterocycles. The summed E-state index contributed by atoms with van der Waals surface area (Å²) in [5.74, 6) is 1.76. The summed E-state index contributed by atoms with van der Waals surface area (Å²) in [4.78, 5) is 37.8. The molecule has 3 atom stereocenters. The van der Waals surface area contributed by atoms with E-state index in [-0.39, 0.29) is 23.3 Å². The maximum absolute atomic E-state index is 12.4. The zero-order chi connectivity index (χ0) is 16.7. The Morgan fingerprint density at radius 1 is 1.33 bits per heavy atom. The number of aromatic amines is 1. The number of rotatable bonds is 3. The highest BCUT2D eigenvalue weighted by Gasteiger charge is 2.43. The number of likely N-dealkylation sites (tertiary alicyclic amines) is 1. The Bertz CT molecular complexity index is 817. The van der Waals surface area contributed by atoms with Crippen LogP contribution in [0.5, 0.6) is 0 Å². The van der Waals surface area contributed by atoms with E-state index in [0.717, 1.165) is 24.9 Å². The molecule has 124 valence electrons. The number of hydrogen-bond acceptors (Lipinski definition) is 4. The molecule has 1 saturated carbocycles. The van der Waals surface area contributed by atoms with Gasteiger partial charge in [0, 0.05) is 48.9 Å². The molecule has 0 radical (unpaired) electrons. The number of pyridine rings is 1. The minimum Gasteiger partial charge on any atom is -0.342 e. The molecule has 2 aromatic rings. The van der Waals surface area contributed by atoms with Crippen molar-refractivity contribution in [2.24, 2.45) is 11.8 Å². The molecular weight excluding hydrogens is 304 g/mol. The van der Waals surface area contributed by atoms with E-state index in [9.17, 15) is 9.59 Å². The second kappa shape index (κ2) is 5.85. The van der Waals surface area contributed by atoms with Gasteiger partial charge < -0.3 is 9.88 Å². The average molecular weight is 324 g/mol. The van der Waals surface area contributed by atoms with Gasteiger partial charge >= 0.3 is 0 Å². The van der Waals surface area contributed by atoms with Crippen molar-refractivity contribution in [3.63, 3.8) is 0 Å². The molecule has 0 aromatic carbocycles. The van der Waals surface area contributed by atoms with E-state index in [2.05, 4.69) is 21.9 Å². The lowest BCUT2D eigenvalue weighted by molar-refractivity contribution is -0.131.